The summed E-state index contributed by atoms with van der Waals surface area (Å²) < 4.78 is 0. The molecule has 1 aromatic rings. The molecule has 0 saturated carbocycles. The molecule has 2 N–H and O–H groups in total. The van der Waals surface area contributed by atoms with E-state index in [0.717, 1.165) is 0 Å². The fourth-order valence-corrected chi connectivity index (χ4v) is 1.05. The Balaban J connectivity index is 3.05. The van der Waals surface area contributed by atoms with Gasteiger partial charge in [-0.3, -0.25) is 15.5 Å². The highest BCUT2D eigenvalue weighted by Gasteiger charge is 2.17. The van der Waals surface area contributed by atoms with Gasteiger partial charge in [-0.2, -0.15) is 4.98 Å². The van der Waals surface area contributed by atoms with Crippen LogP contribution in [0.5, 0.6) is 0 Å². The van der Waals surface area contributed by atoms with E-state index in [1.54, 1.807) is 19.1 Å². The summed E-state index contributed by atoms with van der Waals surface area (Å²) in [6.07, 6.45) is 1.18. The van der Waals surface area contributed by atoms with Crippen LogP contribution < -0.4 is 10.7 Å². The monoisotopic (exact) mass is 226 g/mol. The van der Waals surface area contributed by atoms with Crippen molar-refractivity contribution in [2.24, 2.45) is 0 Å². The van der Waals surface area contributed by atoms with Gasteiger partial charge in [-0.1, -0.05) is 0 Å². The van der Waals surface area contributed by atoms with Crippen LogP contribution in [0.1, 0.15) is 6.92 Å². The molecule has 1 heterocycles. The maximum absolute atomic E-state index is 10.7. The molecule has 0 bridgehead atoms. The number of rotatable bonds is 5. The lowest BCUT2D eigenvalue weighted by Crippen LogP contribution is -2.21. The normalized spacial score (nSPS) is 10.2. The van der Waals surface area contributed by atoms with Crippen molar-refractivity contribution in [3.8, 4) is 0 Å². The molecule has 1 aromatic heterocycles. The third-order valence-electron chi connectivity index (χ3n) is 1.63. The molecule has 8 heteroatoms. The van der Waals surface area contributed by atoms with E-state index in [9.17, 15) is 10.1 Å². The lowest BCUT2D eigenvalue weighted by Gasteiger charge is -2.13. The molecule has 16 heavy (non-hydrogen) atoms. The molecule has 0 aliphatic carbocycles. The fourth-order valence-electron chi connectivity index (χ4n) is 1.05. The number of hydrogen-bond donors (Lipinski definition) is 2. The molecular weight excluding hydrogens is 212 g/mol. The Morgan fingerprint density at radius 3 is 2.75 bits per heavy atom. The third-order valence-corrected chi connectivity index (χ3v) is 1.63. The van der Waals surface area contributed by atoms with Gasteiger partial charge in [-0.05, 0) is 6.92 Å². The number of nitrogens with one attached hydrogen (secondary N) is 2. The maximum atomic E-state index is 10.7. The van der Waals surface area contributed by atoms with Gasteiger partial charge in [0, 0.05) is 20.6 Å². The summed E-state index contributed by atoms with van der Waals surface area (Å²) in [6.45, 7) is 2.54. The molecule has 0 saturated heterocycles. The second-order valence-electron chi connectivity index (χ2n) is 3.22. The molecular formula is C8H14N6O2. The summed E-state index contributed by atoms with van der Waals surface area (Å²) >= 11 is 0. The van der Waals surface area contributed by atoms with Crippen molar-refractivity contribution >= 4 is 17.5 Å². The third kappa shape index (κ3) is 3.02. The quantitative estimate of drug-likeness (QED) is 0.563. The van der Waals surface area contributed by atoms with Gasteiger partial charge in [0.2, 0.25) is 11.8 Å². The van der Waals surface area contributed by atoms with E-state index in [4.69, 9.17) is 0 Å². The second kappa shape index (κ2) is 5.21. The van der Waals surface area contributed by atoms with E-state index < -0.39 is 4.92 Å². The Hall–Kier alpha value is -1.96. The average molecular weight is 226 g/mol. The summed E-state index contributed by atoms with van der Waals surface area (Å²) in [5.74, 6) is 0.526. The van der Waals surface area contributed by atoms with Gasteiger partial charge in [0.15, 0.2) is 0 Å². The van der Waals surface area contributed by atoms with Crippen LogP contribution in [-0.2, 0) is 0 Å². The van der Waals surface area contributed by atoms with Crippen molar-refractivity contribution in [1.29, 1.82) is 0 Å². The molecule has 88 valence electrons. The van der Waals surface area contributed by atoms with Crippen molar-refractivity contribution in [2.45, 2.75) is 6.92 Å². The fraction of sp³-hybridized carbons (Fsp3) is 0.500. The lowest BCUT2D eigenvalue weighted by atomic mass is 10.5. The minimum absolute atomic E-state index is 0.157. The predicted molar refractivity (Wildman–Crippen MR) is 60.2 cm³/mol. The molecule has 0 amide bonds. The molecule has 0 radical (unpaired) electrons. The van der Waals surface area contributed by atoms with Gasteiger partial charge < -0.3 is 5.32 Å². The van der Waals surface area contributed by atoms with Crippen LogP contribution in [0.15, 0.2) is 6.20 Å². The van der Waals surface area contributed by atoms with Gasteiger partial charge in [0.05, 0.1) is 4.92 Å². The first kappa shape index (κ1) is 12.1. The van der Waals surface area contributed by atoms with E-state index >= 15 is 0 Å². The topological polar surface area (TPSA) is 96.2 Å². The Kier molecular flexibility index (Phi) is 3.95. The molecule has 1 rings (SSSR count). The average Bonchev–Trinajstić information content (AvgIpc) is 2.16. The zero-order valence-corrected chi connectivity index (χ0v) is 9.39. The predicted octanol–water partition coefficient (Wildman–Crippen LogP) is 0.705. The Bertz CT molecular complexity index is 381. The summed E-state index contributed by atoms with van der Waals surface area (Å²) in [4.78, 5) is 18.0. The molecule has 8 nitrogen and oxygen atoms in total. The van der Waals surface area contributed by atoms with Crippen LogP contribution in [0.2, 0.25) is 0 Å². The van der Waals surface area contributed by atoms with Crippen molar-refractivity contribution in [1.82, 2.24) is 15.0 Å². The van der Waals surface area contributed by atoms with Crippen LogP contribution in [-0.4, -0.2) is 40.5 Å². The first-order valence-electron chi connectivity index (χ1n) is 4.74. The van der Waals surface area contributed by atoms with Crippen molar-refractivity contribution in [2.75, 3.05) is 31.4 Å². The Morgan fingerprint density at radius 1 is 1.56 bits per heavy atom. The van der Waals surface area contributed by atoms with Crippen molar-refractivity contribution < 1.29 is 4.92 Å². The molecule has 0 aromatic carbocycles. The van der Waals surface area contributed by atoms with Crippen LogP contribution in [0, 0.1) is 10.1 Å². The summed E-state index contributed by atoms with van der Waals surface area (Å²) in [5, 5.41) is 15.2. The van der Waals surface area contributed by atoms with Crippen LogP contribution >= 0.6 is 0 Å². The highest BCUT2D eigenvalue weighted by Crippen LogP contribution is 2.21. The number of hydrogen-bond acceptors (Lipinski definition) is 7. The van der Waals surface area contributed by atoms with Crippen LogP contribution in [0.25, 0.3) is 0 Å². The van der Waals surface area contributed by atoms with E-state index in [2.05, 4.69) is 20.7 Å². The number of nitro groups is 1. The highest BCUT2D eigenvalue weighted by atomic mass is 16.6. The molecule has 0 unspecified atom stereocenters. The first-order valence-corrected chi connectivity index (χ1v) is 4.74. The van der Waals surface area contributed by atoms with E-state index in [1.807, 2.05) is 6.92 Å². The second-order valence-corrected chi connectivity index (χ2v) is 3.22. The largest absolute Gasteiger partial charge is 0.354 e. The summed E-state index contributed by atoms with van der Waals surface area (Å²) in [6, 6.07) is 0. The zero-order chi connectivity index (χ0) is 12.1. The first-order chi connectivity index (χ1) is 7.54. The smallest absolute Gasteiger partial charge is 0.330 e. The molecule has 0 atom stereocenters. The van der Waals surface area contributed by atoms with Crippen molar-refractivity contribution in [3.05, 3.63) is 16.3 Å². The van der Waals surface area contributed by atoms with E-state index in [1.165, 1.54) is 6.20 Å². The number of anilines is 2. The SMILES string of the molecule is CCNc1ncc([N+](=O)[O-])c(NN(C)C)n1. The Labute approximate surface area is 92.8 Å². The van der Waals surface area contributed by atoms with Gasteiger partial charge in [-0.25, -0.2) is 9.99 Å². The van der Waals surface area contributed by atoms with E-state index in [0.29, 0.717) is 12.5 Å². The van der Waals surface area contributed by atoms with Crippen molar-refractivity contribution in [3.63, 3.8) is 0 Å². The minimum atomic E-state index is -0.526. The van der Waals surface area contributed by atoms with Crippen LogP contribution in [0.3, 0.4) is 0 Å². The van der Waals surface area contributed by atoms with Gasteiger partial charge in [-0.15, -0.1) is 0 Å². The summed E-state index contributed by atoms with van der Waals surface area (Å²) in [7, 11) is 3.44. The summed E-state index contributed by atoms with van der Waals surface area (Å²) in [5.41, 5.74) is 2.60. The van der Waals surface area contributed by atoms with Gasteiger partial charge in [0.1, 0.15) is 6.20 Å². The maximum Gasteiger partial charge on any atom is 0.330 e. The number of nitrogens with zero attached hydrogens (tertiary/aromatic N) is 4. The lowest BCUT2D eigenvalue weighted by molar-refractivity contribution is -0.384. The van der Waals surface area contributed by atoms with Crippen LogP contribution in [0.4, 0.5) is 17.5 Å². The molecule has 0 fully saturated rings. The highest BCUT2D eigenvalue weighted by molar-refractivity contribution is 5.56. The van der Waals surface area contributed by atoms with Gasteiger partial charge in [0.25, 0.3) is 0 Å². The zero-order valence-electron chi connectivity index (χ0n) is 9.39. The molecule has 0 aliphatic heterocycles. The standard InChI is InChI=1S/C8H14N6O2/c1-4-9-8-10-5-6(14(15)16)7(11-8)12-13(2)3/h5H,4H2,1-3H3,(H2,9,10,11,12). The minimum Gasteiger partial charge on any atom is -0.354 e. The van der Waals surface area contributed by atoms with E-state index in [-0.39, 0.29) is 11.5 Å². The number of hydrazine groups is 1. The molecule has 0 spiro atoms. The Morgan fingerprint density at radius 2 is 2.25 bits per heavy atom. The van der Waals surface area contributed by atoms with Gasteiger partial charge >= 0.3 is 5.69 Å². The number of aromatic nitrogens is 2. The molecule has 0 aliphatic rings.